The zero-order valence-electron chi connectivity index (χ0n) is 13.9. The smallest absolute Gasteiger partial charge is 0.244 e. The van der Waals surface area contributed by atoms with Crippen molar-refractivity contribution in [2.75, 3.05) is 18.8 Å². The number of nitrogens with two attached hydrogens (primary N) is 1. The molecule has 0 aromatic carbocycles. The maximum absolute atomic E-state index is 12.4. The Morgan fingerprint density at radius 3 is 2.29 bits per heavy atom. The molecule has 1 aliphatic heterocycles. The Labute approximate surface area is 127 Å². The Hall–Kier alpha value is -1.52. The van der Waals surface area contributed by atoms with E-state index in [1.165, 1.54) is 0 Å². The predicted octanol–water partition coefficient (Wildman–Crippen LogP) is 2.37. The number of carbonyl (C=O) groups excluding carboxylic acids is 1. The van der Waals surface area contributed by atoms with E-state index in [0.717, 1.165) is 37.3 Å². The van der Waals surface area contributed by atoms with Gasteiger partial charge >= 0.3 is 0 Å². The molecule has 0 saturated carbocycles. The standard InChI is InChI=1S/C16H28N4O/c1-11-15(17)12(2)20(18-11)10-14(21)19-8-6-13(7-9-19)16(3,4)5/h13H,6-10,17H2,1-5H3. The van der Waals surface area contributed by atoms with Gasteiger partial charge in [0.1, 0.15) is 6.54 Å². The Morgan fingerprint density at radius 1 is 1.29 bits per heavy atom. The molecule has 0 aliphatic carbocycles. The van der Waals surface area contributed by atoms with Crippen molar-refractivity contribution >= 4 is 11.6 Å². The zero-order valence-corrected chi connectivity index (χ0v) is 13.9. The highest BCUT2D eigenvalue weighted by atomic mass is 16.2. The summed E-state index contributed by atoms with van der Waals surface area (Å²) in [5, 5.41) is 4.34. The van der Waals surface area contributed by atoms with Crippen molar-refractivity contribution < 1.29 is 4.79 Å². The van der Waals surface area contributed by atoms with E-state index >= 15 is 0 Å². The van der Waals surface area contributed by atoms with Gasteiger partial charge in [0.15, 0.2) is 0 Å². The number of carbonyl (C=O) groups is 1. The van der Waals surface area contributed by atoms with Crippen molar-refractivity contribution in [3.63, 3.8) is 0 Å². The third-order valence-electron chi connectivity index (χ3n) is 4.79. The van der Waals surface area contributed by atoms with Crippen molar-refractivity contribution in [2.24, 2.45) is 11.3 Å². The average molecular weight is 292 g/mol. The molecular formula is C16H28N4O. The van der Waals surface area contributed by atoms with Crippen LogP contribution in [-0.2, 0) is 11.3 Å². The van der Waals surface area contributed by atoms with Gasteiger partial charge in [-0.25, -0.2) is 0 Å². The Kier molecular flexibility index (Phi) is 4.30. The number of hydrogen-bond acceptors (Lipinski definition) is 3. The number of nitrogens with zero attached hydrogens (tertiary/aromatic N) is 3. The van der Waals surface area contributed by atoms with E-state index in [0.29, 0.717) is 23.6 Å². The van der Waals surface area contributed by atoms with Gasteiger partial charge in [0.25, 0.3) is 0 Å². The molecule has 0 bridgehead atoms. The van der Waals surface area contributed by atoms with Crippen molar-refractivity contribution in [1.29, 1.82) is 0 Å². The van der Waals surface area contributed by atoms with Crippen LogP contribution >= 0.6 is 0 Å². The van der Waals surface area contributed by atoms with E-state index in [1.54, 1.807) is 4.68 Å². The number of rotatable bonds is 2. The highest BCUT2D eigenvalue weighted by molar-refractivity contribution is 5.76. The predicted molar refractivity (Wildman–Crippen MR) is 84.9 cm³/mol. The summed E-state index contributed by atoms with van der Waals surface area (Å²) in [6.45, 7) is 12.6. The summed E-state index contributed by atoms with van der Waals surface area (Å²) >= 11 is 0. The molecule has 2 heterocycles. The first-order valence-electron chi connectivity index (χ1n) is 7.77. The van der Waals surface area contributed by atoms with Crippen molar-refractivity contribution in [2.45, 2.75) is 54.0 Å². The summed E-state index contributed by atoms with van der Waals surface area (Å²) in [5.41, 5.74) is 8.61. The number of amides is 1. The van der Waals surface area contributed by atoms with Crippen LogP contribution in [0.3, 0.4) is 0 Å². The lowest BCUT2D eigenvalue weighted by molar-refractivity contribution is -0.134. The van der Waals surface area contributed by atoms with Gasteiger partial charge in [0, 0.05) is 13.1 Å². The number of anilines is 1. The summed E-state index contributed by atoms with van der Waals surface area (Å²) in [5.74, 6) is 0.846. The van der Waals surface area contributed by atoms with Crippen LogP contribution in [-0.4, -0.2) is 33.7 Å². The minimum atomic E-state index is 0.146. The number of likely N-dealkylation sites (tertiary alicyclic amines) is 1. The first kappa shape index (κ1) is 15.9. The monoisotopic (exact) mass is 292 g/mol. The molecule has 1 amide bonds. The molecule has 0 atom stereocenters. The van der Waals surface area contributed by atoms with Gasteiger partial charge in [0.05, 0.1) is 17.1 Å². The topological polar surface area (TPSA) is 64.2 Å². The molecule has 0 unspecified atom stereocenters. The lowest BCUT2D eigenvalue weighted by Gasteiger charge is -2.38. The number of aromatic nitrogens is 2. The second-order valence-electron chi connectivity index (χ2n) is 7.26. The van der Waals surface area contributed by atoms with Gasteiger partial charge in [-0.05, 0) is 38.0 Å². The van der Waals surface area contributed by atoms with Crippen LogP contribution in [0.4, 0.5) is 5.69 Å². The highest BCUT2D eigenvalue weighted by Crippen LogP contribution is 2.34. The van der Waals surface area contributed by atoms with Gasteiger partial charge in [0.2, 0.25) is 5.91 Å². The molecule has 2 N–H and O–H groups in total. The fraction of sp³-hybridized carbons (Fsp3) is 0.750. The summed E-state index contributed by atoms with van der Waals surface area (Å²) in [6.07, 6.45) is 2.18. The molecule has 2 rings (SSSR count). The van der Waals surface area contributed by atoms with Gasteiger partial charge < -0.3 is 10.6 Å². The molecule has 1 fully saturated rings. The summed E-state index contributed by atoms with van der Waals surface area (Å²) in [4.78, 5) is 14.4. The molecule has 118 valence electrons. The first-order valence-corrected chi connectivity index (χ1v) is 7.77. The van der Waals surface area contributed by atoms with Crippen LogP contribution in [0.5, 0.6) is 0 Å². The molecule has 1 saturated heterocycles. The summed E-state index contributed by atoms with van der Waals surface area (Å²) in [7, 11) is 0. The molecule has 0 spiro atoms. The second kappa shape index (κ2) is 5.70. The van der Waals surface area contributed by atoms with Crippen molar-refractivity contribution in [1.82, 2.24) is 14.7 Å². The summed E-state index contributed by atoms with van der Waals surface area (Å²) < 4.78 is 1.73. The molecule has 5 nitrogen and oxygen atoms in total. The molecule has 1 aromatic rings. The van der Waals surface area contributed by atoms with Crippen LogP contribution in [0.1, 0.15) is 45.0 Å². The lowest BCUT2D eigenvalue weighted by Crippen LogP contribution is -2.42. The van der Waals surface area contributed by atoms with Crippen LogP contribution < -0.4 is 5.73 Å². The molecule has 21 heavy (non-hydrogen) atoms. The maximum atomic E-state index is 12.4. The fourth-order valence-electron chi connectivity index (χ4n) is 3.09. The van der Waals surface area contributed by atoms with Crippen LogP contribution in [0.25, 0.3) is 0 Å². The lowest BCUT2D eigenvalue weighted by atomic mass is 9.75. The molecule has 1 aromatic heterocycles. The SMILES string of the molecule is Cc1nn(CC(=O)N2CCC(C(C)(C)C)CC2)c(C)c1N. The van der Waals surface area contributed by atoms with Crippen molar-refractivity contribution in [3.8, 4) is 0 Å². The number of nitrogen functional groups attached to an aromatic ring is 1. The Bertz CT molecular complexity index is 519. The molecule has 1 aliphatic rings. The van der Waals surface area contributed by atoms with E-state index < -0.39 is 0 Å². The second-order valence-corrected chi connectivity index (χ2v) is 7.26. The van der Waals surface area contributed by atoms with Crippen LogP contribution in [0.2, 0.25) is 0 Å². The third-order valence-corrected chi connectivity index (χ3v) is 4.79. The van der Waals surface area contributed by atoms with Crippen molar-refractivity contribution in [3.05, 3.63) is 11.4 Å². The third kappa shape index (κ3) is 3.39. The molecule has 0 radical (unpaired) electrons. The van der Waals surface area contributed by atoms with Crippen LogP contribution in [0.15, 0.2) is 0 Å². The highest BCUT2D eigenvalue weighted by Gasteiger charge is 2.30. The van der Waals surface area contributed by atoms with Gasteiger partial charge in [-0.2, -0.15) is 5.10 Å². The summed E-state index contributed by atoms with van der Waals surface area (Å²) in [6, 6.07) is 0. The van der Waals surface area contributed by atoms with Gasteiger partial charge in [-0.15, -0.1) is 0 Å². The fourth-order valence-corrected chi connectivity index (χ4v) is 3.09. The van der Waals surface area contributed by atoms with Crippen LogP contribution in [0, 0.1) is 25.2 Å². The zero-order chi connectivity index (χ0) is 15.8. The average Bonchev–Trinajstić information content (AvgIpc) is 2.65. The number of piperidine rings is 1. The maximum Gasteiger partial charge on any atom is 0.244 e. The minimum absolute atomic E-state index is 0.146. The minimum Gasteiger partial charge on any atom is -0.396 e. The van der Waals surface area contributed by atoms with E-state index in [9.17, 15) is 4.79 Å². The van der Waals surface area contributed by atoms with Gasteiger partial charge in [-0.3, -0.25) is 9.48 Å². The first-order chi connectivity index (χ1) is 9.70. The normalized spacial score (nSPS) is 17.3. The molecule has 5 heteroatoms. The number of aryl methyl sites for hydroxylation is 1. The quantitative estimate of drug-likeness (QED) is 0.910. The van der Waals surface area contributed by atoms with E-state index in [-0.39, 0.29) is 5.91 Å². The Balaban J connectivity index is 1.95. The van der Waals surface area contributed by atoms with E-state index in [1.807, 2.05) is 18.7 Å². The largest absolute Gasteiger partial charge is 0.396 e. The number of hydrogen-bond donors (Lipinski definition) is 1. The van der Waals surface area contributed by atoms with Gasteiger partial charge in [-0.1, -0.05) is 20.8 Å². The van der Waals surface area contributed by atoms with E-state index in [2.05, 4.69) is 25.9 Å². The Morgan fingerprint density at radius 2 is 1.86 bits per heavy atom. The van der Waals surface area contributed by atoms with E-state index in [4.69, 9.17) is 5.73 Å². The molecular weight excluding hydrogens is 264 g/mol.